The molecule has 1 aromatic carbocycles. The van der Waals surface area contributed by atoms with Crippen LogP contribution in [-0.4, -0.2) is 43.2 Å². The average Bonchev–Trinajstić information content (AvgIpc) is 2.39. The van der Waals surface area contributed by atoms with E-state index < -0.39 is 0 Å². The summed E-state index contributed by atoms with van der Waals surface area (Å²) >= 11 is 0. The Balaban J connectivity index is 0.00000144. The van der Waals surface area contributed by atoms with Gasteiger partial charge >= 0.3 is 0 Å². The third kappa shape index (κ3) is 3.43. The Bertz CT molecular complexity index is 359. The van der Waals surface area contributed by atoms with Crippen LogP contribution in [0.4, 0.5) is 0 Å². The van der Waals surface area contributed by atoms with E-state index in [1.807, 2.05) is 30.3 Å². The summed E-state index contributed by atoms with van der Waals surface area (Å²) in [7, 11) is 0. The van der Waals surface area contributed by atoms with Crippen molar-refractivity contribution in [2.75, 3.05) is 26.2 Å². The van der Waals surface area contributed by atoms with E-state index in [0.717, 1.165) is 5.56 Å². The smallest absolute Gasteiger partial charge is 0.254 e. The van der Waals surface area contributed by atoms with Crippen LogP contribution >= 0.6 is 12.4 Å². The van der Waals surface area contributed by atoms with Crippen LogP contribution in [0.5, 0.6) is 0 Å². The molecule has 17 heavy (non-hydrogen) atoms. The minimum absolute atomic E-state index is 0. The summed E-state index contributed by atoms with van der Waals surface area (Å²) in [5, 5.41) is 0. The summed E-state index contributed by atoms with van der Waals surface area (Å²) in [4.78, 5) is 13.9. The molecule has 0 aliphatic carbocycles. The van der Waals surface area contributed by atoms with Gasteiger partial charge in [0, 0.05) is 25.2 Å². The molecule has 0 bridgehead atoms. The van der Waals surface area contributed by atoms with Crippen LogP contribution in [0.15, 0.2) is 30.3 Å². The summed E-state index contributed by atoms with van der Waals surface area (Å²) in [6.45, 7) is 2.26. The van der Waals surface area contributed by atoms with Gasteiger partial charge in [0.1, 0.15) is 0 Å². The highest BCUT2D eigenvalue weighted by Gasteiger charge is 2.23. The van der Waals surface area contributed by atoms with E-state index in [1.165, 1.54) is 0 Å². The van der Waals surface area contributed by atoms with Crippen molar-refractivity contribution < 1.29 is 9.53 Å². The van der Waals surface area contributed by atoms with Gasteiger partial charge < -0.3 is 15.4 Å². The number of nitrogens with zero attached hydrogens (tertiary/aromatic N) is 1. The first kappa shape index (κ1) is 14.0. The fraction of sp³-hybridized carbons (Fsp3) is 0.417. The third-order valence-electron chi connectivity index (χ3n) is 2.71. The van der Waals surface area contributed by atoms with Gasteiger partial charge in [-0.15, -0.1) is 12.4 Å². The normalized spacial score (nSPS) is 19.6. The van der Waals surface area contributed by atoms with Gasteiger partial charge in [-0.2, -0.15) is 0 Å². The lowest BCUT2D eigenvalue weighted by Gasteiger charge is -2.32. The van der Waals surface area contributed by atoms with E-state index in [9.17, 15) is 4.79 Å². The fourth-order valence-corrected chi connectivity index (χ4v) is 1.81. The lowest BCUT2D eigenvalue weighted by molar-refractivity contribution is -0.0167. The van der Waals surface area contributed by atoms with Gasteiger partial charge in [-0.1, -0.05) is 18.2 Å². The lowest BCUT2D eigenvalue weighted by Crippen LogP contribution is -2.48. The van der Waals surface area contributed by atoms with Crippen molar-refractivity contribution in [3.05, 3.63) is 35.9 Å². The molecular weight excluding hydrogens is 240 g/mol. The summed E-state index contributed by atoms with van der Waals surface area (Å²) in [5.74, 6) is 0.0577. The minimum Gasteiger partial charge on any atom is -0.373 e. The van der Waals surface area contributed by atoms with Gasteiger partial charge in [0.05, 0.1) is 12.7 Å². The number of carbonyl (C=O) groups excluding carboxylic acids is 1. The van der Waals surface area contributed by atoms with Crippen LogP contribution in [-0.2, 0) is 4.74 Å². The summed E-state index contributed by atoms with van der Waals surface area (Å²) in [5.41, 5.74) is 6.26. The minimum atomic E-state index is -0.0265. The standard InChI is InChI=1S/C12H16N2O2.ClH/c13-8-11-9-14(6-7-16-11)12(15)10-4-2-1-3-5-10;/h1-5,11H,6-9,13H2;1H. The predicted molar refractivity (Wildman–Crippen MR) is 68.4 cm³/mol. The number of rotatable bonds is 2. The van der Waals surface area contributed by atoms with Crippen molar-refractivity contribution in [3.63, 3.8) is 0 Å². The van der Waals surface area contributed by atoms with Crippen LogP contribution in [0.3, 0.4) is 0 Å². The molecule has 1 saturated heterocycles. The van der Waals surface area contributed by atoms with Gasteiger partial charge in [0.15, 0.2) is 0 Å². The third-order valence-corrected chi connectivity index (χ3v) is 2.71. The number of hydrogen-bond donors (Lipinski definition) is 1. The average molecular weight is 257 g/mol. The van der Waals surface area contributed by atoms with Crippen LogP contribution < -0.4 is 5.73 Å². The Hall–Kier alpha value is -1.10. The monoisotopic (exact) mass is 256 g/mol. The summed E-state index contributed by atoms with van der Waals surface area (Å²) < 4.78 is 5.42. The number of carbonyl (C=O) groups is 1. The summed E-state index contributed by atoms with van der Waals surface area (Å²) in [6, 6.07) is 9.30. The van der Waals surface area contributed by atoms with Crippen molar-refractivity contribution in [1.82, 2.24) is 4.90 Å². The first-order valence-corrected chi connectivity index (χ1v) is 5.47. The summed E-state index contributed by atoms with van der Waals surface area (Å²) in [6.07, 6.45) is -0.0265. The highest BCUT2D eigenvalue weighted by atomic mass is 35.5. The zero-order valence-electron chi connectivity index (χ0n) is 9.54. The van der Waals surface area contributed by atoms with Crippen LogP contribution in [0.25, 0.3) is 0 Å². The number of halogens is 1. The number of hydrogen-bond acceptors (Lipinski definition) is 3. The van der Waals surface area contributed by atoms with E-state index in [4.69, 9.17) is 10.5 Å². The van der Waals surface area contributed by atoms with Gasteiger partial charge in [0.25, 0.3) is 5.91 Å². The van der Waals surface area contributed by atoms with E-state index in [1.54, 1.807) is 4.90 Å². The van der Waals surface area contributed by atoms with Gasteiger partial charge in [-0.05, 0) is 12.1 Å². The number of morpholine rings is 1. The molecule has 0 spiro atoms. The van der Waals surface area contributed by atoms with Crippen molar-refractivity contribution >= 4 is 18.3 Å². The Morgan fingerprint density at radius 2 is 2.12 bits per heavy atom. The zero-order chi connectivity index (χ0) is 11.4. The molecule has 1 aliphatic heterocycles. The Labute approximate surface area is 107 Å². The SMILES string of the molecule is Cl.NCC1CN(C(=O)c2ccccc2)CCO1. The molecule has 1 unspecified atom stereocenters. The van der Waals surface area contributed by atoms with Crippen molar-refractivity contribution in [2.45, 2.75) is 6.10 Å². The topological polar surface area (TPSA) is 55.6 Å². The molecule has 1 aromatic rings. The molecule has 2 N–H and O–H groups in total. The van der Waals surface area contributed by atoms with Crippen molar-refractivity contribution in [3.8, 4) is 0 Å². The number of nitrogens with two attached hydrogens (primary N) is 1. The first-order chi connectivity index (χ1) is 7.81. The molecule has 0 saturated carbocycles. The maximum absolute atomic E-state index is 12.1. The second-order valence-electron chi connectivity index (χ2n) is 3.85. The molecule has 2 rings (SSSR count). The van der Waals surface area contributed by atoms with E-state index in [0.29, 0.717) is 26.2 Å². The fourth-order valence-electron chi connectivity index (χ4n) is 1.81. The Kier molecular flexibility index (Phi) is 5.41. The van der Waals surface area contributed by atoms with Crippen molar-refractivity contribution in [2.24, 2.45) is 5.73 Å². The molecule has 0 aromatic heterocycles. The molecular formula is C12H17ClN2O2. The maximum Gasteiger partial charge on any atom is 0.254 e. The molecule has 1 atom stereocenters. The molecule has 1 aliphatic rings. The van der Waals surface area contributed by atoms with E-state index >= 15 is 0 Å². The van der Waals surface area contributed by atoms with Crippen LogP contribution in [0.2, 0.25) is 0 Å². The first-order valence-electron chi connectivity index (χ1n) is 5.47. The van der Waals surface area contributed by atoms with Gasteiger partial charge in [-0.3, -0.25) is 4.79 Å². The highest BCUT2D eigenvalue weighted by Crippen LogP contribution is 2.09. The Morgan fingerprint density at radius 3 is 2.76 bits per heavy atom. The second-order valence-corrected chi connectivity index (χ2v) is 3.85. The zero-order valence-corrected chi connectivity index (χ0v) is 10.4. The predicted octanol–water partition coefficient (Wildman–Crippen LogP) is 0.908. The molecule has 1 heterocycles. The molecule has 4 nitrogen and oxygen atoms in total. The largest absolute Gasteiger partial charge is 0.373 e. The van der Waals surface area contributed by atoms with Crippen LogP contribution in [0.1, 0.15) is 10.4 Å². The molecule has 5 heteroatoms. The maximum atomic E-state index is 12.1. The van der Waals surface area contributed by atoms with Gasteiger partial charge in [-0.25, -0.2) is 0 Å². The van der Waals surface area contributed by atoms with E-state index in [2.05, 4.69) is 0 Å². The molecule has 1 amide bonds. The number of amides is 1. The molecule has 94 valence electrons. The number of benzene rings is 1. The van der Waals surface area contributed by atoms with Gasteiger partial charge in [0.2, 0.25) is 0 Å². The second kappa shape index (κ2) is 6.59. The lowest BCUT2D eigenvalue weighted by atomic mass is 10.1. The quantitative estimate of drug-likeness (QED) is 0.856. The molecule has 0 radical (unpaired) electrons. The van der Waals surface area contributed by atoms with Crippen molar-refractivity contribution in [1.29, 1.82) is 0 Å². The van der Waals surface area contributed by atoms with E-state index in [-0.39, 0.29) is 24.4 Å². The number of ether oxygens (including phenoxy) is 1. The Morgan fingerprint density at radius 1 is 1.41 bits per heavy atom. The van der Waals surface area contributed by atoms with Crippen LogP contribution in [0, 0.1) is 0 Å². The highest BCUT2D eigenvalue weighted by molar-refractivity contribution is 5.94. The molecule has 1 fully saturated rings.